The summed E-state index contributed by atoms with van der Waals surface area (Å²) in [6.07, 6.45) is 0. The molecule has 0 heterocycles. The van der Waals surface area contributed by atoms with Gasteiger partial charge in [-0.3, -0.25) is 5.21 Å². The topological polar surface area (TPSA) is 67.8 Å². The van der Waals surface area contributed by atoms with Crippen LogP contribution in [0.5, 0.6) is 0 Å². The van der Waals surface area contributed by atoms with Gasteiger partial charge < -0.3 is 4.90 Å². The first kappa shape index (κ1) is 10.3. The SMILES string of the molecule is CN(C)c1ccc(/C(=N\[O])NO)cc1. The molecule has 0 bridgehead atoms. The van der Waals surface area contributed by atoms with E-state index in [0.717, 1.165) is 5.69 Å². The van der Waals surface area contributed by atoms with Gasteiger partial charge in [-0.1, -0.05) is 0 Å². The van der Waals surface area contributed by atoms with E-state index in [1.54, 1.807) is 17.6 Å². The van der Waals surface area contributed by atoms with Gasteiger partial charge in [0.1, 0.15) is 0 Å². The second-order valence-corrected chi connectivity index (χ2v) is 2.99. The van der Waals surface area contributed by atoms with Crippen LogP contribution in [0.25, 0.3) is 0 Å². The molecule has 1 rings (SSSR count). The lowest BCUT2D eigenvalue weighted by atomic mass is 10.2. The maximum Gasteiger partial charge on any atom is 0.201 e. The number of nitrogens with zero attached hydrogens (tertiary/aromatic N) is 2. The van der Waals surface area contributed by atoms with Crippen LogP contribution in [0.4, 0.5) is 5.69 Å². The molecule has 0 spiro atoms. The van der Waals surface area contributed by atoms with Crippen LogP contribution in [-0.2, 0) is 5.21 Å². The van der Waals surface area contributed by atoms with Crippen LogP contribution in [0.15, 0.2) is 29.4 Å². The molecule has 2 N–H and O–H groups in total. The highest BCUT2D eigenvalue weighted by atomic mass is 16.5. The number of amidine groups is 1. The Hall–Kier alpha value is -1.75. The van der Waals surface area contributed by atoms with Crippen LogP contribution in [0.2, 0.25) is 0 Å². The van der Waals surface area contributed by atoms with E-state index < -0.39 is 0 Å². The number of hydrogen-bond acceptors (Lipinski definition) is 3. The first-order valence-electron chi connectivity index (χ1n) is 4.07. The van der Waals surface area contributed by atoms with Crippen molar-refractivity contribution >= 4 is 11.5 Å². The Morgan fingerprint density at radius 1 is 1.36 bits per heavy atom. The van der Waals surface area contributed by atoms with E-state index in [1.165, 1.54) is 0 Å². The quantitative estimate of drug-likeness (QED) is 0.416. The van der Waals surface area contributed by atoms with Gasteiger partial charge in [-0.05, 0) is 29.4 Å². The second-order valence-electron chi connectivity index (χ2n) is 2.99. The van der Waals surface area contributed by atoms with Crippen LogP contribution in [0.3, 0.4) is 0 Å². The minimum absolute atomic E-state index is 0.0877. The first-order chi connectivity index (χ1) is 6.69. The van der Waals surface area contributed by atoms with Crippen molar-refractivity contribution in [3.63, 3.8) is 0 Å². The summed E-state index contributed by atoms with van der Waals surface area (Å²) in [5.74, 6) is -0.0877. The molecule has 1 radical (unpaired) electrons. The average molecular weight is 194 g/mol. The lowest BCUT2D eigenvalue weighted by Gasteiger charge is -2.12. The molecule has 0 aromatic heterocycles. The Bertz CT molecular complexity index is 319. The van der Waals surface area contributed by atoms with Crippen molar-refractivity contribution in [2.45, 2.75) is 0 Å². The Balaban J connectivity index is 2.93. The van der Waals surface area contributed by atoms with Gasteiger partial charge in [0.15, 0.2) is 0 Å². The molecule has 1 aromatic carbocycles. The molecular formula is C9H12N3O2. The number of hydroxylamine groups is 1. The fourth-order valence-corrected chi connectivity index (χ4v) is 1.06. The Kier molecular flexibility index (Phi) is 3.30. The summed E-state index contributed by atoms with van der Waals surface area (Å²) in [5, 5.41) is 21.4. The Morgan fingerprint density at radius 3 is 2.29 bits per heavy atom. The molecule has 0 aliphatic rings. The van der Waals surface area contributed by atoms with Gasteiger partial charge in [0, 0.05) is 25.3 Å². The predicted molar refractivity (Wildman–Crippen MR) is 52.9 cm³/mol. The highest BCUT2D eigenvalue weighted by Crippen LogP contribution is 2.12. The van der Waals surface area contributed by atoms with E-state index >= 15 is 0 Å². The third kappa shape index (κ3) is 2.14. The fraction of sp³-hybridized carbons (Fsp3) is 0.222. The first-order valence-corrected chi connectivity index (χ1v) is 4.07. The number of rotatable bonds is 2. The third-order valence-electron chi connectivity index (χ3n) is 1.85. The molecular weight excluding hydrogens is 182 g/mol. The van der Waals surface area contributed by atoms with E-state index in [1.807, 2.05) is 31.1 Å². The van der Waals surface area contributed by atoms with Gasteiger partial charge in [0.05, 0.1) is 0 Å². The molecule has 0 unspecified atom stereocenters. The molecule has 5 nitrogen and oxygen atoms in total. The van der Waals surface area contributed by atoms with Crippen molar-refractivity contribution in [3.05, 3.63) is 29.8 Å². The van der Waals surface area contributed by atoms with Gasteiger partial charge in [-0.25, -0.2) is 5.48 Å². The molecule has 0 atom stereocenters. The molecule has 5 heteroatoms. The van der Waals surface area contributed by atoms with Gasteiger partial charge in [0.25, 0.3) is 0 Å². The molecule has 14 heavy (non-hydrogen) atoms. The monoisotopic (exact) mass is 194 g/mol. The zero-order valence-corrected chi connectivity index (χ0v) is 8.06. The van der Waals surface area contributed by atoms with Crippen LogP contribution in [-0.4, -0.2) is 25.1 Å². The normalized spacial score (nSPS) is 11.2. The summed E-state index contributed by atoms with van der Waals surface area (Å²) in [5.41, 5.74) is 3.30. The van der Waals surface area contributed by atoms with Crippen LogP contribution < -0.4 is 10.4 Å². The number of anilines is 1. The smallest absolute Gasteiger partial charge is 0.201 e. The molecule has 0 saturated carbocycles. The van der Waals surface area contributed by atoms with E-state index in [0.29, 0.717) is 5.56 Å². The second kappa shape index (κ2) is 4.48. The van der Waals surface area contributed by atoms with Crippen molar-refractivity contribution in [2.24, 2.45) is 5.16 Å². The van der Waals surface area contributed by atoms with E-state index in [2.05, 4.69) is 5.16 Å². The molecule has 0 saturated heterocycles. The van der Waals surface area contributed by atoms with Gasteiger partial charge in [-0.15, -0.1) is 5.21 Å². The molecule has 0 fully saturated rings. The van der Waals surface area contributed by atoms with Gasteiger partial charge in [-0.2, -0.15) is 0 Å². The molecule has 0 aliphatic heterocycles. The maximum absolute atomic E-state index is 10.2. The third-order valence-corrected chi connectivity index (χ3v) is 1.85. The number of benzene rings is 1. The summed E-state index contributed by atoms with van der Waals surface area (Å²) in [6, 6.07) is 7.07. The summed E-state index contributed by atoms with van der Waals surface area (Å²) in [7, 11) is 3.84. The minimum atomic E-state index is -0.0877. The van der Waals surface area contributed by atoms with Crippen LogP contribution >= 0.6 is 0 Å². The van der Waals surface area contributed by atoms with E-state index in [-0.39, 0.29) is 5.84 Å². The highest BCUT2D eigenvalue weighted by Gasteiger charge is 2.03. The highest BCUT2D eigenvalue weighted by molar-refractivity contribution is 5.97. The van der Waals surface area contributed by atoms with Crippen LogP contribution in [0.1, 0.15) is 5.56 Å². The standard InChI is InChI=1S/C9H12N3O2/c1-12(2)8-5-3-7(4-6-8)9(10-13)11-14/h3-6,13H,1-2H3,(H,10,11). The zero-order valence-electron chi connectivity index (χ0n) is 8.06. The summed E-state index contributed by atoms with van der Waals surface area (Å²) < 4.78 is 0. The average Bonchev–Trinajstić information content (AvgIpc) is 2.20. The zero-order chi connectivity index (χ0) is 10.6. The number of hydrogen-bond donors (Lipinski definition) is 2. The lowest BCUT2D eigenvalue weighted by molar-refractivity contribution is 0.187. The predicted octanol–water partition coefficient (Wildman–Crippen LogP) is 0.824. The Labute approximate surface area is 82.2 Å². The van der Waals surface area contributed by atoms with Crippen molar-refractivity contribution in [3.8, 4) is 0 Å². The number of nitrogens with one attached hydrogen (secondary N) is 1. The fourth-order valence-electron chi connectivity index (χ4n) is 1.06. The van der Waals surface area contributed by atoms with Crippen molar-refractivity contribution in [2.75, 3.05) is 19.0 Å². The largest absolute Gasteiger partial charge is 0.378 e. The minimum Gasteiger partial charge on any atom is -0.378 e. The van der Waals surface area contributed by atoms with Crippen molar-refractivity contribution < 1.29 is 10.4 Å². The summed E-state index contributed by atoms with van der Waals surface area (Å²) in [4.78, 5) is 1.93. The maximum atomic E-state index is 10.2. The molecule has 0 amide bonds. The van der Waals surface area contributed by atoms with E-state index in [4.69, 9.17) is 5.21 Å². The Morgan fingerprint density at radius 2 is 1.93 bits per heavy atom. The van der Waals surface area contributed by atoms with Gasteiger partial charge >= 0.3 is 0 Å². The van der Waals surface area contributed by atoms with E-state index in [9.17, 15) is 5.21 Å². The van der Waals surface area contributed by atoms with Gasteiger partial charge in [0.2, 0.25) is 5.84 Å². The summed E-state index contributed by atoms with van der Waals surface area (Å²) >= 11 is 0. The molecule has 1 aromatic rings. The van der Waals surface area contributed by atoms with Crippen LogP contribution in [0, 0.1) is 0 Å². The lowest BCUT2D eigenvalue weighted by Crippen LogP contribution is -2.20. The molecule has 0 aliphatic carbocycles. The van der Waals surface area contributed by atoms with Crippen molar-refractivity contribution in [1.82, 2.24) is 5.48 Å². The molecule has 75 valence electrons. The van der Waals surface area contributed by atoms with Crippen molar-refractivity contribution in [1.29, 1.82) is 0 Å². The summed E-state index contributed by atoms with van der Waals surface area (Å²) in [6.45, 7) is 0.